The van der Waals surface area contributed by atoms with Crippen molar-refractivity contribution in [3.05, 3.63) is 0 Å². The van der Waals surface area contributed by atoms with Gasteiger partial charge in [-0.05, 0) is 33.1 Å². The van der Waals surface area contributed by atoms with Crippen molar-refractivity contribution in [1.29, 1.82) is 0 Å². The molecule has 0 aromatic carbocycles. The van der Waals surface area contributed by atoms with Crippen molar-refractivity contribution in [2.45, 2.75) is 45.6 Å². The summed E-state index contributed by atoms with van der Waals surface area (Å²) < 4.78 is 5.48. The Morgan fingerprint density at radius 2 is 2.14 bits per heavy atom. The van der Waals surface area contributed by atoms with E-state index in [-0.39, 0.29) is 5.91 Å². The summed E-state index contributed by atoms with van der Waals surface area (Å²) in [6.07, 6.45) is 4.17. The highest BCUT2D eigenvalue weighted by Gasteiger charge is 2.18. The van der Waals surface area contributed by atoms with Crippen molar-refractivity contribution in [2.24, 2.45) is 0 Å². The Balaban J connectivity index is 2.18. The van der Waals surface area contributed by atoms with Crippen LogP contribution in [0.3, 0.4) is 0 Å². The highest BCUT2D eigenvalue weighted by Crippen LogP contribution is 2.17. The SMILES string of the molecule is CCN(CC)C(=O)CCC1CCCO1. The lowest BCUT2D eigenvalue weighted by Gasteiger charge is -2.19. The summed E-state index contributed by atoms with van der Waals surface area (Å²) in [5, 5.41) is 0. The molecule has 1 saturated heterocycles. The molecule has 3 heteroatoms. The number of nitrogens with zero attached hydrogens (tertiary/aromatic N) is 1. The van der Waals surface area contributed by atoms with E-state index >= 15 is 0 Å². The minimum absolute atomic E-state index is 0.269. The van der Waals surface area contributed by atoms with Gasteiger partial charge >= 0.3 is 0 Å². The zero-order valence-electron chi connectivity index (χ0n) is 9.29. The third-order valence-corrected chi connectivity index (χ3v) is 2.82. The van der Waals surface area contributed by atoms with Crippen molar-refractivity contribution in [2.75, 3.05) is 19.7 Å². The van der Waals surface area contributed by atoms with Crippen LogP contribution in [-0.4, -0.2) is 36.6 Å². The molecule has 0 spiro atoms. The fourth-order valence-electron chi connectivity index (χ4n) is 1.89. The van der Waals surface area contributed by atoms with Crippen molar-refractivity contribution < 1.29 is 9.53 Å². The number of carbonyl (C=O) groups is 1. The van der Waals surface area contributed by atoms with Crippen LogP contribution in [0.4, 0.5) is 0 Å². The molecule has 0 saturated carbocycles. The minimum Gasteiger partial charge on any atom is -0.378 e. The van der Waals surface area contributed by atoms with Crippen molar-refractivity contribution in [1.82, 2.24) is 4.90 Å². The first-order valence-corrected chi connectivity index (χ1v) is 5.67. The number of carbonyl (C=O) groups excluding carboxylic acids is 1. The Morgan fingerprint density at radius 3 is 2.64 bits per heavy atom. The van der Waals surface area contributed by atoms with Crippen LogP contribution in [0.15, 0.2) is 0 Å². The van der Waals surface area contributed by atoms with Gasteiger partial charge in [-0.3, -0.25) is 4.79 Å². The van der Waals surface area contributed by atoms with Crippen molar-refractivity contribution in [3.8, 4) is 0 Å². The number of ether oxygens (including phenoxy) is 1. The molecule has 1 unspecified atom stereocenters. The van der Waals surface area contributed by atoms with Crippen LogP contribution in [0.25, 0.3) is 0 Å². The highest BCUT2D eigenvalue weighted by atomic mass is 16.5. The molecule has 82 valence electrons. The Hall–Kier alpha value is -0.570. The number of hydrogen-bond acceptors (Lipinski definition) is 2. The quantitative estimate of drug-likeness (QED) is 0.676. The summed E-state index contributed by atoms with van der Waals surface area (Å²) in [5.74, 6) is 0.269. The zero-order chi connectivity index (χ0) is 10.4. The summed E-state index contributed by atoms with van der Waals surface area (Å²) in [6.45, 7) is 6.56. The summed E-state index contributed by atoms with van der Waals surface area (Å²) in [7, 11) is 0. The molecule has 0 aromatic rings. The largest absolute Gasteiger partial charge is 0.378 e. The molecule has 1 atom stereocenters. The third-order valence-electron chi connectivity index (χ3n) is 2.82. The van der Waals surface area contributed by atoms with Crippen LogP contribution in [0.5, 0.6) is 0 Å². The van der Waals surface area contributed by atoms with Gasteiger partial charge in [-0.2, -0.15) is 0 Å². The lowest BCUT2D eigenvalue weighted by atomic mass is 10.1. The zero-order valence-corrected chi connectivity index (χ0v) is 9.29. The Morgan fingerprint density at radius 1 is 1.43 bits per heavy atom. The molecule has 0 aliphatic carbocycles. The third kappa shape index (κ3) is 3.29. The Kier molecular flexibility index (Phi) is 4.94. The molecule has 14 heavy (non-hydrogen) atoms. The topological polar surface area (TPSA) is 29.5 Å². The summed E-state index contributed by atoms with van der Waals surface area (Å²) >= 11 is 0. The second-order valence-corrected chi connectivity index (χ2v) is 3.74. The molecule has 0 aromatic heterocycles. The van der Waals surface area contributed by atoms with E-state index in [1.807, 2.05) is 18.7 Å². The van der Waals surface area contributed by atoms with E-state index in [4.69, 9.17) is 4.74 Å². The van der Waals surface area contributed by atoms with Gasteiger partial charge in [-0.15, -0.1) is 0 Å². The van der Waals surface area contributed by atoms with Gasteiger partial charge in [-0.25, -0.2) is 0 Å². The highest BCUT2D eigenvalue weighted by molar-refractivity contribution is 5.76. The van der Waals surface area contributed by atoms with Gasteiger partial charge in [0.05, 0.1) is 6.10 Å². The van der Waals surface area contributed by atoms with E-state index < -0.39 is 0 Å². The molecule has 1 rings (SSSR count). The standard InChI is InChI=1S/C11H21NO2/c1-3-12(4-2)11(13)8-7-10-6-5-9-14-10/h10H,3-9H2,1-2H3. The molecule has 1 aliphatic heterocycles. The molecule has 0 bridgehead atoms. The van der Waals surface area contributed by atoms with Crippen LogP contribution in [0.1, 0.15) is 39.5 Å². The van der Waals surface area contributed by atoms with Gasteiger partial charge < -0.3 is 9.64 Å². The lowest BCUT2D eigenvalue weighted by Crippen LogP contribution is -2.30. The van der Waals surface area contributed by atoms with E-state index in [0.29, 0.717) is 12.5 Å². The summed E-state index contributed by atoms with van der Waals surface area (Å²) in [6, 6.07) is 0. The Bertz CT molecular complexity index is 172. The number of rotatable bonds is 5. The molecular formula is C11H21NO2. The van der Waals surface area contributed by atoms with E-state index in [2.05, 4.69) is 0 Å². The first-order chi connectivity index (χ1) is 6.77. The summed E-state index contributed by atoms with van der Waals surface area (Å²) in [5.41, 5.74) is 0. The fraction of sp³-hybridized carbons (Fsp3) is 0.909. The van der Waals surface area contributed by atoms with Crippen molar-refractivity contribution >= 4 is 5.91 Å². The van der Waals surface area contributed by atoms with Crippen molar-refractivity contribution in [3.63, 3.8) is 0 Å². The van der Waals surface area contributed by atoms with E-state index in [0.717, 1.165) is 39.0 Å². The molecule has 1 aliphatic rings. The van der Waals surface area contributed by atoms with E-state index in [1.54, 1.807) is 0 Å². The van der Waals surface area contributed by atoms with E-state index in [9.17, 15) is 4.79 Å². The maximum absolute atomic E-state index is 11.6. The molecule has 1 heterocycles. The van der Waals surface area contributed by atoms with Crippen LogP contribution in [0, 0.1) is 0 Å². The van der Waals surface area contributed by atoms with Crippen LogP contribution >= 0.6 is 0 Å². The second kappa shape index (κ2) is 6.02. The van der Waals surface area contributed by atoms with E-state index in [1.165, 1.54) is 0 Å². The number of amides is 1. The van der Waals surface area contributed by atoms with Gasteiger partial charge in [0.25, 0.3) is 0 Å². The monoisotopic (exact) mass is 199 g/mol. The molecule has 0 N–H and O–H groups in total. The maximum Gasteiger partial charge on any atom is 0.222 e. The van der Waals surface area contributed by atoms with Gasteiger partial charge in [-0.1, -0.05) is 0 Å². The van der Waals surface area contributed by atoms with Crippen LogP contribution < -0.4 is 0 Å². The van der Waals surface area contributed by atoms with Gasteiger partial charge in [0, 0.05) is 26.1 Å². The molecule has 1 fully saturated rings. The van der Waals surface area contributed by atoms with Crippen LogP contribution in [0.2, 0.25) is 0 Å². The van der Waals surface area contributed by atoms with Gasteiger partial charge in [0.1, 0.15) is 0 Å². The molecule has 0 radical (unpaired) electrons. The van der Waals surface area contributed by atoms with Gasteiger partial charge in [0.15, 0.2) is 0 Å². The molecular weight excluding hydrogens is 178 g/mol. The number of hydrogen-bond donors (Lipinski definition) is 0. The minimum atomic E-state index is 0.269. The lowest BCUT2D eigenvalue weighted by molar-refractivity contribution is -0.131. The average Bonchev–Trinajstić information content (AvgIpc) is 2.69. The predicted octanol–water partition coefficient (Wildman–Crippen LogP) is 1.81. The van der Waals surface area contributed by atoms with Gasteiger partial charge in [0.2, 0.25) is 5.91 Å². The predicted molar refractivity (Wildman–Crippen MR) is 56.1 cm³/mol. The molecule has 1 amide bonds. The summed E-state index contributed by atoms with van der Waals surface area (Å²) in [4.78, 5) is 13.5. The maximum atomic E-state index is 11.6. The average molecular weight is 199 g/mol. The van der Waals surface area contributed by atoms with Crippen LogP contribution in [-0.2, 0) is 9.53 Å². The smallest absolute Gasteiger partial charge is 0.222 e. The first-order valence-electron chi connectivity index (χ1n) is 5.67. The normalized spacial score (nSPS) is 21.1. The fourth-order valence-corrected chi connectivity index (χ4v) is 1.89. The second-order valence-electron chi connectivity index (χ2n) is 3.74. The first kappa shape index (κ1) is 11.5. The Labute approximate surface area is 86.4 Å². The molecule has 3 nitrogen and oxygen atoms in total.